The van der Waals surface area contributed by atoms with Crippen LogP contribution in [0.4, 0.5) is 11.4 Å². The number of carbonyl (C=O) groups is 2. The number of unbranched alkanes of at least 4 members (excludes halogenated alkanes) is 2. The molecular formula is C40H53N4O8S4+. The van der Waals surface area contributed by atoms with E-state index in [2.05, 4.69) is 66.1 Å². The molecule has 4 N–H and O–H groups in total. The first-order valence-corrected chi connectivity index (χ1v) is 23.1. The van der Waals surface area contributed by atoms with Crippen molar-refractivity contribution in [3.05, 3.63) is 107 Å². The fraction of sp³-hybridized carbons (Fsp3) is 0.425. The van der Waals surface area contributed by atoms with E-state index in [0.717, 1.165) is 33.9 Å². The topological polar surface area (TPSA) is 173 Å². The zero-order valence-corrected chi connectivity index (χ0v) is 35.4. The Kier molecular flexibility index (Phi) is 16.2. The van der Waals surface area contributed by atoms with E-state index in [-0.39, 0.29) is 29.2 Å². The maximum Gasteiger partial charge on any atom is 0.264 e. The second kappa shape index (κ2) is 20.1. The molecule has 0 fully saturated rings. The number of hydrogen-bond donors (Lipinski definition) is 6. The first-order chi connectivity index (χ1) is 26.5. The Morgan fingerprint density at radius 2 is 1.39 bits per heavy atom. The van der Waals surface area contributed by atoms with E-state index >= 15 is 0 Å². The lowest BCUT2D eigenvalue weighted by Crippen LogP contribution is -2.28. The van der Waals surface area contributed by atoms with Gasteiger partial charge in [0, 0.05) is 83.7 Å². The molecule has 4 rings (SSSR count). The summed E-state index contributed by atoms with van der Waals surface area (Å²) in [5, 5.41) is 5.71. The van der Waals surface area contributed by atoms with E-state index in [1.165, 1.54) is 0 Å². The van der Waals surface area contributed by atoms with Gasteiger partial charge in [-0.2, -0.15) is 46.7 Å². The summed E-state index contributed by atoms with van der Waals surface area (Å²) in [6, 6.07) is 11.2. The van der Waals surface area contributed by atoms with Gasteiger partial charge in [-0.1, -0.05) is 37.3 Å². The van der Waals surface area contributed by atoms with Gasteiger partial charge in [-0.15, -0.1) is 0 Å². The molecule has 12 nitrogen and oxygen atoms in total. The molecule has 304 valence electrons. The Balaban J connectivity index is 1.56. The predicted octanol–water partition coefficient (Wildman–Crippen LogP) is 5.89. The summed E-state index contributed by atoms with van der Waals surface area (Å²) in [7, 11) is -8.12. The van der Waals surface area contributed by atoms with Gasteiger partial charge < -0.3 is 15.5 Å². The molecule has 2 aliphatic heterocycles. The van der Waals surface area contributed by atoms with Crippen LogP contribution in [0, 0.1) is 0 Å². The third-order valence-electron chi connectivity index (χ3n) is 9.78. The lowest BCUT2D eigenvalue weighted by atomic mass is 9.80. The molecular weight excluding hydrogens is 793 g/mol. The summed E-state index contributed by atoms with van der Waals surface area (Å²) in [6.45, 7) is 8.18. The molecule has 56 heavy (non-hydrogen) atoms. The van der Waals surface area contributed by atoms with Gasteiger partial charge >= 0.3 is 0 Å². The minimum Gasteiger partial charge on any atom is -0.351 e. The van der Waals surface area contributed by atoms with Crippen molar-refractivity contribution >= 4 is 74.4 Å². The molecule has 2 amide bonds. The maximum absolute atomic E-state index is 12.8. The van der Waals surface area contributed by atoms with Gasteiger partial charge in [0.1, 0.15) is 6.54 Å². The van der Waals surface area contributed by atoms with Crippen LogP contribution >= 0.6 is 25.3 Å². The van der Waals surface area contributed by atoms with Crippen LogP contribution in [0.1, 0.15) is 84.2 Å². The fourth-order valence-electron chi connectivity index (χ4n) is 7.01. The molecule has 0 aliphatic carbocycles. The zero-order valence-electron chi connectivity index (χ0n) is 32.0. The number of rotatable bonds is 20. The third-order valence-corrected chi connectivity index (χ3v) is 11.8. The molecule has 0 bridgehead atoms. The van der Waals surface area contributed by atoms with Gasteiger partial charge in [-0.05, 0) is 75.1 Å². The molecule has 0 radical (unpaired) electrons. The number of hydrogen-bond acceptors (Lipinski definition) is 9. The Labute approximate surface area is 342 Å². The Bertz CT molecular complexity index is 2140. The normalized spacial score (nSPS) is 17.4. The van der Waals surface area contributed by atoms with Crippen molar-refractivity contribution in [3.8, 4) is 0 Å². The highest BCUT2D eigenvalue weighted by Crippen LogP contribution is 2.44. The highest BCUT2D eigenvalue weighted by atomic mass is 32.2. The van der Waals surface area contributed by atoms with Crippen LogP contribution in [0.25, 0.3) is 0 Å². The molecule has 0 saturated heterocycles. The molecule has 0 spiro atoms. The molecule has 0 aromatic heterocycles. The number of benzene rings is 2. The Morgan fingerprint density at radius 3 is 2.02 bits per heavy atom. The molecule has 1 atom stereocenters. The van der Waals surface area contributed by atoms with Crippen LogP contribution in [0.2, 0.25) is 0 Å². The van der Waals surface area contributed by atoms with Crippen LogP contribution in [-0.2, 0) is 25.7 Å². The summed E-state index contributed by atoms with van der Waals surface area (Å²) < 4.78 is 65.9. The van der Waals surface area contributed by atoms with E-state index in [9.17, 15) is 35.5 Å². The number of fused-ring (bicyclic) bond motifs is 2. The number of allylic oxidation sites excluding steroid dienone is 8. The van der Waals surface area contributed by atoms with E-state index in [4.69, 9.17) is 0 Å². The zero-order chi connectivity index (χ0) is 41.1. The molecule has 0 saturated carbocycles. The summed E-state index contributed by atoms with van der Waals surface area (Å²) in [5.41, 5.74) is 6.42. The van der Waals surface area contributed by atoms with Crippen LogP contribution < -0.4 is 15.5 Å². The first-order valence-electron chi connectivity index (χ1n) is 18.6. The summed E-state index contributed by atoms with van der Waals surface area (Å²) in [6.07, 6.45) is 15.2. The lowest BCUT2D eigenvalue weighted by molar-refractivity contribution is -0.438. The molecule has 2 aliphatic rings. The number of nitrogens with one attached hydrogen (secondary N) is 2. The molecule has 2 heterocycles. The maximum atomic E-state index is 12.8. The SMILES string of the molecule is CC1/C(=C/C=C/C=C/C=C/C2=[N+](CCCCS(=O)(=O)O)c3ccc(C(=O)NCCS)cc3C2(C)C)N(CCCCS(=O)(=O)O)c2ccc(C(=O)NCCS)cc21. The third kappa shape index (κ3) is 12.2. The standard InChI is InChI=1S/C40H52N4O8S4/c1-29-32-27-30(38(45)41-19-23-53)15-17-35(32)43(21-9-11-25-55(47,48)49)34(29)13-7-5-4-6-8-14-37-40(2,3)33-28-31(39(46)42-20-24-54)16-18-36(33)44(37)22-10-12-26-56(50,51)52/h4-8,13-18,27-29H,9-12,19-26H2,1-3H3,(H5-,41,42,45,46,47,48,49,50,51,52,53,54)/p+1. The fourth-order valence-corrected chi connectivity index (χ4v) is 8.37. The second-order valence-corrected chi connectivity index (χ2v) is 18.2. The van der Waals surface area contributed by atoms with Crippen molar-refractivity contribution in [2.24, 2.45) is 0 Å². The number of carbonyl (C=O) groups excluding carboxylic acids is 2. The lowest BCUT2D eigenvalue weighted by Gasteiger charge is -2.22. The molecule has 1 unspecified atom stereocenters. The minimum atomic E-state index is -4.07. The van der Waals surface area contributed by atoms with Gasteiger partial charge in [0.25, 0.3) is 32.1 Å². The highest BCUT2D eigenvalue weighted by Gasteiger charge is 2.44. The minimum absolute atomic E-state index is 0.0431. The Morgan fingerprint density at radius 1 is 0.821 bits per heavy atom. The van der Waals surface area contributed by atoms with Gasteiger partial charge in [0.2, 0.25) is 5.69 Å². The van der Waals surface area contributed by atoms with E-state index < -0.39 is 25.7 Å². The van der Waals surface area contributed by atoms with E-state index in [1.54, 1.807) is 12.1 Å². The van der Waals surface area contributed by atoms with E-state index in [1.807, 2.05) is 66.8 Å². The van der Waals surface area contributed by atoms with Crippen molar-refractivity contribution in [3.63, 3.8) is 0 Å². The van der Waals surface area contributed by atoms with Crippen molar-refractivity contribution in [2.45, 2.75) is 57.8 Å². The van der Waals surface area contributed by atoms with Gasteiger partial charge in [0.15, 0.2) is 5.71 Å². The number of amides is 2. The largest absolute Gasteiger partial charge is 0.351 e. The average molecular weight is 846 g/mol. The smallest absolute Gasteiger partial charge is 0.264 e. The molecule has 16 heteroatoms. The van der Waals surface area contributed by atoms with Gasteiger partial charge in [-0.25, -0.2) is 0 Å². The van der Waals surface area contributed by atoms with Crippen molar-refractivity contribution < 1.29 is 40.1 Å². The van der Waals surface area contributed by atoms with Gasteiger partial charge in [-0.3, -0.25) is 18.7 Å². The monoisotopic (exact) mass is 845 g/mol. The summed E-state index contributed by atoms with van der Waals surface area (Å²) in [4.78, 5) is 27.6. The first kappa shape index (κ1) is 45.0. The second-order valence-electron chi connectivity index (χ2n) is 14.2. The quantitative estimate of drug-likeness (QED) is 0.0312. The Hall–Kier alpha value is -3.67. The van der Waals surface area contributed by atoms with Crippen molar-refractivity contribution in [1.82, 2.24) is 10.6 Å². The number of anilines is 1. The van der Waals surface area contributed by atoms with Crippen LogP contribution in [-0.4, -0.2) is 97.2 Å². The molecule has 2 aromatic carbocycles. The highest BCUT2D eigenvalue weighted by molar-refractivity contribution is 7.86. The number of nitrogens with zero attached hydrogens (tertiary/aromatic N) is 2. The number of thiol groups is 2. The predicted molar refractivity (Wildman–Crippen MR) is 231 cm³/mol. The van der Waals surface area contributed by atoms with Crippen LogP contribution in [0.3, 0.4) is 0 Å². The van der Waals surface area contributed by atoms with Crippen LogP contribution in [0.5, 0.6) is 0 Å². The summed E-state index contributed by atoms with van der Waals surface area (Å²) in [5.74, 6) is 0.0223. The van der Waals surface area contributed by atoms with E-state index in [0.29, 0.717) is 74.5 Å². The van der Waals surface area contributed by atoms with Crippen molar-refractivity contribution in [1.29, 1.82) is 0 Å². The van der Waals surface area contributed by atoms with Crippen molar-refractivity contribution in [2.75, 3.05) is 54.1 Å². The average Bonchev–Trinajstić information content (AvgIpc) is 3.52. The van der Waals surface area contributed by atoms with Gasteiger partial charge in [0.05, 0.1) is 16.9 Å². The van der Waals surface area contributed by atoms with Crippen LogP contribution in [0.15, 0.2) is 84.6 Å². The summed E-state index contributed by atoms with van der Waals surface area (Å²) >= 11 is 8.35. The molecule has 2 aromatic rings.